The van der Waals surface area contributed by atoms with E-state index in [-0.39, 0.29) is 47.4 Å². The van der Waals surface area contributed by atoms with E-state index < -0.39 is 11.9 Å². The van der Waals surface area contributed by atoms with Gasteiger partial charge >= 0.3 is 0 Å². The van der Waals surface area contributed by atoms with Crippen molar-refractivity contribution < 1.29 is 18.8 Å². The predicted molar refractivity (Wildman–Crippen MR) is 124 cm³/mol. The number of benzene rings is 1. The summed E-state index contributed by atoms with van der Waals surface area (Å²) in [4.78, 5) is 43.0. The molecule has 2 aliphatic rings. The van der Waals surface area contributed by atoms with Crippen LogP contribution in [0.1, 0.15) is 42.0 Å². The van der Waals surface area contributed by atoms with E-state index >= 15 is 0 Å². The third-order valence-electron chi connectivity index (χ3n) is 6.29. The number of primary amides is 1. The van der Waals surface area contributed by atoms with Crippen molar-refractivity contribution in [1.29, 1.82) is 5.41 Å². The molecule has 3 atom stereocenters. The summed E-state index contributed by atoms with van der Waals surface area (Å²) in [5.74, 6) is -1.73. The van der Waals surface area contributed by atoms with Crippen LogP contribution in [0.4, 0.5) is 10.1 Å². The van der Waals surface area contributed by atoms with Gasteiger partial charge < -0.3 is 21.3 Å². The molecule has 0 unspecified atom stereocenters. The van der Waals surface area contributed by atoms with Gasteiger partial charge in [-0.3, -0.25) is 24.8 Å². The number of likely N-dealkylation sites (tertiary alicyclic amines) is 1. The predicted octanol–water partition coefficient (Wildman–Crippen LogP) is 1.46. The number of nitrogens with two attached hydrogens (primary N) is 1. The van der Waals surface area contributed by atoms with Crippen LogP contribution in [0, 0.1) is 18.2 Å². The van der Waals surface area contributed by atoms with Crippen LogP contribution in [0.2, 0.25) is 0 Å². The van der Waals surface area contributed by atoms with Gasteiger partial charge in [-0.1, -0.05) is 18.2 Å². The van der Waals surface area contributed by atoms with Crippen molar-refractivity contribution in [2.24, 2.45) is 5.73 Å². The molecular weight excluding hydrogens is 439 g/mol. The number of anilines is 1. The summed E-state index contributed by atoms with van der Waals surface area (Å²) in [6.07, 6.45) is 3.37. The molecule has 0 radical (unpaired) electrons. The van der Waals surface area contributed by atoms with Crippen LogP contribution >= 0.6 is 0 Å². The Balaban J connectivity index is 1.36. The monoisotopic (exact) mass is 466 g/mol. The summed E-state index contributed by atoms with van der Waals surface area (Å²) in [5, 5.41) is 13.8. The number of carbonyl (C=O) groups excluding carboxylic acids is 3. The van der Waals surface area contributed by atoms with E-state index in [0.717, 1.165) is 0 Å². The fraction of sp³-hybridized carbons (Fsp3) is 0.375. The largest absolute Gasteiger partial charge is 0.374 e. The highest BCUT2D eigenvalue weighted by atomic mass is 19.1. The van der Waals surface area contributed by atoms with Crippen LogP contribution in [0.25, 0.3) is 0 Å². The lowest BCUT2D eigenvalue weighted by Gasteiger charge is -2.24. The average molecular weight is 467 g/mol. The number of amides is 3. The van der Waals surface area contributed by atoms with Gasteiger partial charge in [0.05, 0.1) is 18.4 Å². The van der Waals surface area contributed by atoms with E-state index in [4.69, 9.17) is 11.1 Å². The Morgan fingerprint density at radius 1 is 1.29 bits per heavy atom. The lowest BCUT2D eigenvalue weighted by atomic mass is 10.1. The van der Waals surface area contributed by atoms with Gasteiger partial charge in [-0.25, -0.2) is 4.39 Å². The summed E-state index contributed by atoms with van der Waals surface area (Å²) < 4.78 is 14.0. The third kappa shape index (κ3) is 4.90. The average Bonchev–Trinajstić information content (AvgIpc) is 3.37. The van der Waals surface area contributed by atoms with Crippen LogP contribution < -0.4 is 16.4 Å². The molecular formula is C24H27FN6O3. The van der Waals surface area contributed by atoms with Gasteiger partial charge in [-0.05, 0) is 43.9 Å². The molecule has 9 nitrogen and oxygen atoms in total. The third-order valence-corrected chi connectivity index (χ3v) is 6.29. The number of halogens is 1. The van der Waals surface area contributed by atoms with E-state index in [2.05, 4.69) is 15.6 Å². The molecule has 1 saturated heterocycles. The van der Waals surface area contributed by atoms with Gasteiger partial charge in [-0.15, -0.1) is 0 Å². The molecule has 5 N–H and O–H groups in total. The molecule has 0 spiro atoms. The zero-order valence-electron chi connectivity index (χ0n) is 18.8. The molecule has 1 aliphatic carbocycles. The number of pyridine rings is 1. The first-order chi connectivity index (χ1) is 16.3. The van der Waals surface area contributed by atoms with E-state index in [0.29, 0.717) is 42.8 Å². The summed E-state index contributed by atoms with van der Waals surface area (Å²) in [7, 11) is 0. The van der Waals surface area contributed by atoms with E-state index in [1.807, 2.05) is 0 Å². The summed E-state index contributed by atoms with van der Waals surface area (Å²) >= 11 is 0. The molecule has 10 heteroatoms. The van der Waals surface area contributed by atoms with Gasteiger partial charge in [0.15, 0.2) is 0 Å². The highest BCUT2D eigenvalue weighted by Gasteiger charge is 2.43. The van der Waals surface area contributed by atoms with Crippen LogP contribution in [0.5, 0.6) is 0 Å². The fourth-order valence-corrected chi connectivity index (χ4v) is 4.40. The maximum absolute atomic E-state index is 14.0. The van der Waals surface area contributed by atoms with E-state index in [1.54, 1.807) is 31.2 Å². The minimum Gasteiger partial charge on any atom is -0.374 e. The number of aromatic nitrogens is 1. The second kappa shape index (κ2) is 9.58. The maximum atomic E-state index is 14.0. The van der Waals surface area contributed by atoms with Gasteiger partial charge in [0.2, 0.25) is 11.8 Å². The molecule has 178 valence electrons. The first kappa shape index (κ1) is 23.3. The lowest BCUT2D eigenvalue weighted by Crippen LogP contribution is -2.48. The van der Waals surface area contributed by atoms with E-state index in [1.165, 1.54) is 17.2 Å². The van der Waals surface area contributed by atoms with Crippen LogP contribution in [-0.4, -0.2) is 58.5 Å². The molecule has 34 heavy (non-hydrogen) atoms. The Morgan fingerprint density at radius 3 is 2.79 bits per heavy atom. The Kier molecular flexibility index (Phi) is 6.58. The van der Waals surface area contributed by atoms with Crippen molar-refractivity contribution >= 4 is 29.1 Å². The number of hydrogen-bond donors (Lipinski definition) is 4. The van der Waals surface area contributed by atoms with Crippen molar-refractivity contribution in [3.05, 3.63) is 59.2 Å². The molecule has 2 fully saturated rings. The lowest BCUT2D eigenvalue weighted by molar-refractivity contribution is -0.137. The van der Waals surface area contributed by atoms with Crippen molar-refractivity contribution in [2.75, 3.05) is 18.4 Å². The maximum Gasteiger partial charge on any atom is 0.267 e. The Morgan fingerprint density at radius 2 is 2.06 bits per heavy atom. The van der Waals surface area contributed by atoms with Gasteiger partial charge in [0.25, 0.3) is 5.91 Å². The van der Waals surface area contributed by atoms with Gasteiger partial charge in [-0.2, -0.15) is 0 Å². The van der Waals surface area contributed by atoms with Crippen LogP contribution in [-0.2, 0) is 14.4 Å². The zero-order valence-corrected chi connectivity index (χ0v) is 18.8. The first-order valence-corrected chi connectivity index (χ1v) is 11.2. The van der Waals surface area contributed by atoms with Crippen LogP contribution in [0.3, 0.4) is 0 Å². The number of aryl methyl sites for hydroxylation is 1. The zero-order chi connectivity index (χ0) is 24.4. The van der Waals surface area contributed by atoms with Crippen LogP contribution in [0.15, 0.2) is 36.5 Å². The highest BCUT2D eigenvalue weighted by molar-refractivity contribution is 6.44. The standard InChI is InChI=1S/C24H27FN6O3/c1-13-9-16(22(26)23(27)33)19(11-28-13)29-12-21(32)31-8-4-7-20(31)24(34)30-18-10-15(18)14-5-2-3-6-17(14)25/h2-3,5-6,9,11,15,18,20,26,29H,4,7-8,10,12H2,1H3,(H2,27,33)(H,30,34)/t15-,18+,20-/m0/s1. The number of nitrogens with zero attached hydrogens (tertiary/aromatic N) is 2. The Labute approximate surface area is 196 Å². The molecule has 1 aromatic carbocycles. The topological polar surface area (TPSA) is 141 Å². The van der Waals surface area contributed by atoms with Crippen molar-refractivity contribution in [3.63, 3.8) is 0 Å². The first-order valence-electron chi connectivity index (χ1n) is 11.2. The van der Waals surface area contributed by atoms with Gasteiger partial charge in [0.1, 0.15) is 17.6 Å². The molecule has 1 aliphatic heterocycles. The van der Waals surface area contributed by atoms with Crippen molar-refractivity contribution in [2.45, 2.75) is 44.2 Å². The van der Waals surface area contributed by atoms with Crippen molar-refractivity contribution in [3.8, 4) is 0 Å². The normalized spacial score (nSPS) is 21.1. The molecule has 2 heterocycles. The summed E-state index contributed by atoms with van der Waals surface area (Å²) in [6, 6.07) is 7.38. The summed E-state index contributed by atoms with van der Waals surface area (Å²) in [6.45, 7) is 2.04. The smallest absolute Gasteiger partial charge is 0.267 e. The number of nitrogens with one attached hydrogen (secondary N) is 3. The van der Waals surface area contributed by atoms with Crippen molar-refractivity contribution in [1.82, 2.24) is 15.2 Å². The number of carbonyl (C=O) groups is 3. The minimum absolute atomic E-state index is 0.0506. The SMILES string of the molecule is Cc1cc(C(=N)C(N)=O)c(NCC(=O)N2CCC[C@H]2C(=O)N[C@@H]2C[C@H]2c2ccccc2F)cn1. The minimum atomic E-state index is -0.884. The van der Waals surface area contributed by atoms with E-state index in [9.17, 15) is 18.8 Å². The molecule has 3 amide bonds. The van der Waals surface area contributed by atoms with Gasteiger partial charge in [0, 0.05) is 29.8 Å². The highest BCUT2D eigenvalue weighted by Crippen LogP contribution is 2.42. The molecule has 1 aromatic heterocycles. The quantitative estimate of drug-likeness (QED) is 0.436. The number of rotatable bonds is 8. The Hall–Kier alpha value is -3.82. The second-order valence-electron chi connectivity index (χ2n) is 8.69. The Bertz CT molecular complexity index is 1150. The summed E-state index contributed by atoms with van der Waals surface area (Å²) in [5.41, 5.74) is 6.66. The molecule has 0 bridgehead atoms. The fourth-order valence-electron chi connectivity index (χ4n) is 4.40. The molecule has 2 aromatic rings. The molecule has 4 rings (SSSR count). The second-order valence-corrected chi connectivity index (χ2v) is 8.69. The molecule has 1 saturated carbocycles. The number of hydrogen-bond acceptors (Lipinski definition) is 6.